The van der Waals surface area contributed by atoms with Crippen molar-refractivity contribution in [3.8, 4) is 0 Å². The van der Waals surface area contributed by atoms with E-state index < -0.39 is 0 Å². The maximum absolute atomic E-state index is 3.60. The third-order valence-corrected chi connectivity index (χ3v) is 3.81. The minimum atomic E-state index is 1.11. The summed E-state index contributed by atoms with van der Waals surface area (Å²) in [6.45, 7) is 8.05. The van der Waals surface area contributed by atoms with Gasteiger partial charge in [0.2, 0.25) is 0 Å². The number of hydrogen-bond acceptors (Lipinski definition) is 2. The fourth-order valence-electron chi connectivity index (χ4n) is 2.29. The molecule has 1 fully saturated rings. The van der Waals surface area contributed by atoms with Gasteiger partial charge in [0.25, 0.3) is 0 Å². The zero-order chi connectivity index (χ0) is 12.1. The van der Waals surface area contributed by atoms with E-state index in [0.29, 0.717) is 0 Å². The Labute approximate surface area is 113 Å². The van der Waals surface area contributed by atoms with E-state index >= 15 is 0 Å². The van der Waals surface area contributed by atoms with Gasteiger partial charge in [-0.15, -0.1) is 0 Å². The molecule has 1 aliphatic rings. The monoisotopic (exact) mass is 296 g/mol. The lowest BCUT2D eigenvalue weighted by molar-refractivity contribution is 0.244. The van der Waals surface area contributed by atoms with Crippen LogP contribution in [0.15, 0.2) is 22.7 Å². The van der Waals surface area contributed by atoms with Crippen LogP contribution in [0.25, 0.3) is 0 Å². The maximum Gasteiger partial charge on any atom is 0.0180 e. The largest absolute Gasteiger partial charge is 0.314 e. The second-order valence-corrected chi connectivity index (χ2v) is 5.58. The second kappa shape index (κ2) is 6.53. The molecule has 1 N–H and O–H groups in total. The zero-order valence-corrected chi connectivity index (χ0v) is 12.1. The number of halogens is 1. The Morgan fingerprint density at radius 1 is 1.18 bits per heavy atom. The molecule has 2 nitrogen and oxygen atoms in total. The predicted octanol–water partition coefficient (Wildman–Crippen LogP) is 2.46. The second-order valence-electron chi connectivity index (χ2n) is 4.66. The summed E-state index contributed by atoms with van der Waals surface area (Å²) in [5, 5.41) is 3.39. The smallest absolute Gasteiger partial charge is 0.0180 e. The molecule has 0 aromatic heterocycles. The van der Waals surface area contributed by atoms with Gasteiger partial charge >= 0.3 is 0 Å². The van der Waals surface area contributed by atoms with Crippen LogP contribution in [0, 0.1) is 0 Å². The Kier molecular flexibility index (Phi) is 5.01. The number of nitrogens with one attached hydrogen (secondary N) is 1. The van der Waals surface area contributed by atoms with E-state index in [9.17, 15) is 0 Å². The molecule has 0 atom stereocenters. The molecule has 2 rings (SSSR count). The Hall–Kier alpha value is -0.380. The molecule has 1 aromatic rings. The average Bonchev–Trinajstić information content (AvgIpc) is 2.37. The maximum atomic E-state index is 3.60. The molecule has 0 radical (unpaired) electrons. The molecule has 94 valence electrons. The first-order valence-electron chi connectivity index (χ1n) is 6.49. The van der Waals surface area contributed by atoms with Crippen molar-refractivity contribution in [3.05, 3.63) is 33.8 Å². The van der Waals surface area contributed by atoms with Gasteiger partial charge in [0.1, 0.15) is 0 Å². The van der Waals surface area contributed by atoms with Crippen molar-refractivity contribution >= 4 is 15.9 Å². The molecule has 0 saturated carbocycles. The summed E-state index contributed by atoms with van der Waals surface area (Å²) in [4.78, 5) is 2.54. The summed E-state index contributed by atoms with van der Waals surface area (Å²) in [5.74, 6) is 0. The van der Waals surface area contributed by atoms with Crippen LogP contribution in [0.3, 0.4) is 0 Å². The molecular formula is C14H21BrN2. The van der Waals surface area contributed by atoms with Gasteiger partial charge in [0, 0.05) is 37.2 Å². The first-order chi connectivity index (χ1) is 8.28. The summed E-state index contributed by atoms with van der Waals surface area (Å²) in [7, 11) is 0. The van der Waals surface area contributed by atoms with E-state index in [4.69, 9.17) is 0 Å². The highest BCUT2D eigenvalue weighted by Gasteiger charge is 2.09. The van der Waals surface area contributed by atoms with Crippen LogP contribution in [0.4, 0.5) is 0 Å². The van der Waals surface area contributed by atoms with E-state index in [1.165, 1.54) is 35.2 Å². The molecule has 0 spiro atoms. The Balaban J connectivity index is 1.91. The van der Waals surface area contributed by atoms with Crippen LogP contribution < -0.4 is 5.32 Å². The lowest BCUT2D eigenvalue weighted by atomic mass is 10.1. The van der Waals surface area contributed by atoms with Gasteiger partial charge < -0.3 is 10.2 Å². The van der Waals surface area contributed by atoms with E-state index in [1.54, 1.807) is 0 Å². The molecule has 0 amide bonds. The quantitative estimate of drug-likeness (QED) is 0.918. The summed E-state index contributed by atoms with van der Waals surface area (Å²) in [6, 6.07) is 6.81. The first kappa shape index (κ1) is 13.1. The van der Waals surface area contributed by atoms with Gasteiger partial charge in [0.05, 0.1) is 0 Å². The van der Waals surface area contributed by atoms with Crippen LogP contribution in [-0.2, 0) is 12.8 Å². The molecule has 1 aliphatic heterocycles. The number of hydrogen-bond donors (Lipinski definition) is 1. The molecule has 0 unspecified atom stereocenters. The minimum Gasteiger partial charge on any atom is -0.314 e. The summed E-state index contributed by atoms with van der Waals surface area (Å²) >= 11 is 3.60. The number of rotatable bonds is 4. The topological polar surface area (TPSA) is 15.3 Å². The number of nitrogens with zero attached hydrogens (tertiary/aromatic N) is 1. The van der Waals surface area contributed by atoms with Gasteiger partial charge in [-0.1, -0.05) is 28.9 Å². The normalized spacial score (nSPS) is 17.3. The summed E-state index contributed by atoms with van der Waals surface area (Å²) in [5.41, 5.74) is 2.88. The van der Waals surface area contributed by atoms with Crippen LogP contribution in [0.5, 0.6) is 0 Å². The highest BCUT2D eigenvalue weighted by molar-refractivity contribution is 9.10. The SMILES string of the molecule is CCc1cc(Br)cc(CCN2CCNCC2)c1. The highest BCUT2D eigenvalue weighted by atomic mass is 79.9. The number of aryl methyl sites for hydroxylation is 1. The molecule has 1 aromatic carbocycles. The van der Waals surface area contributed by atoms with E-state index in [2.05, 4.69) is 51.3 Å². The Bertz CT molecular complexity index is 359. The van der Waals surface area contributed by atoms with Crippen LogP contribution in [0.2, 0.25) is 0 Å². The molecule has 1 saturated heterocycles. The summed E-state index contributed by atoms with van der Waals surface area (Å²) in [6.07, 6.45) is 2.27. The minimum absolute atomic E-state index is 1.11. The summed E-state index contributed by atoms with van der Waals surface area (Å²) < 4.78 is 1.21. The first-order valence-corrected chi connectivity index (χ1v) is 7.28. The zero-order valence-electron chi connectivity index (χ0n) is 10.5. The standard InChI is InChI=1S/C14H21BrN2/c1-2-12-9-13(11-14(15)10-12)3-6-17-7-4-16-5-8-17/h9-11,16H,2-8H2,1H3. The van der Waals surface area contributed by atoms with Crippen molar-refractivity contribution in [2.45, 2.75) is 19.8 Å². The van der Waals surface area contributed by atoms with Crippen molar-refractivity contribution < 1.29 is 0 Å². The van der Waals surface area contributed by atoms with Crippen LogP contribution >= 0.6 is 15.9 Å². The third-order valence-electron chi connectivity index (χ3n) is 3.35. The van der Waals surface area contributed by atoms with Crippen molar-refractivity contribution in [1.29, 1.82) is 0 Å². The predicted molar refractivity (Wildman–Crippen MR) is 76.5 cm³/mol. The van der Waals surface area contributed by atoms with Crippen molar-refractivity contribution in [2.75, 3.05) is 32.7 Å². The Morgan fingerprint density at radius 3 is 2.59 bits per heavy atom. The van der Waals surface area contributed by atoms with Crippen molar-refractivity contribution in [2.24, 2.45) is 0 Å². The molecule has 17 heavy (non-hydrogen) atoms. The van der Waals surface area contributed by atoms with Crippen molar-refractivity contribution in [1.82, 2.24) is 10.2 Å². The molecular weight excluding hydrogens is 276 g/mol. The lowest BCUT2D eigenvalue weighted by Gasteiger charge is -2.27. The van der Waals surface area contributed by atoms with Crippen LogP contribution in [-0.4, -0.2) is 37.6 Å². The van der Waals surface area contributed by atoms with Gasteiger partial charge in [-0.2, -0.15) is 0 Å². The fourth-order valence-corrected chi connectivity index (χ4v) is 2.88. The molecule has 0 bridgehead atoms. The Morgan fingerprint density at radius 2 is 1.88 bits per heavy atom. The van der Waals surface area contributed by atoms with Crippen LogP contribution in [0.1, 0.15) is 18.1 Å². The van der Waals surface area contributed by atoms with E-state index in [-0.39, 0.29) is 0 Å². The van der Waals surface area contributed by atoms with Crippen molar-refractivity contribution in [3.63, 3.8) is 0 Å². The number of benzene rings is 1. The van der Waals surface area contributed by atoms with Gasteiger partial charge in [-0.25, -0.2) is 0 Å². The lowest BCUT2D eigenvalue weighted by Crippen LogP contribution is -2.44. The van der Waals surface area contributed by atoms with E-state index in [0.717, 1.165) is 25.9 Å². The highest BCUT2D eigenvalue weighted by Crippen LogP contribution is 2.17. The van der Waals surface area contributed by atoms with Gasteiger partial charge in [-0.05, 0) is 36.1 Å². The molecule has 0 aliphatic carbocycles. The van der Waals surface area contributed by atoms with Gasteiger partial charge in [0.15, 0.2) is 0 Å². The molecule has 1 heterocycles. The molecule has 3 heteroatoms. The third kappa shape index (κ3) is 4.09. The average molecular weight is 297 g/mol. The fraction of sp³-hybridized carbons (Fsp3) is 0.571. The van der Waals surface area contributed by atoms with Gasteiger partial charge in [-0.3, -0.25) is 0 Å². The van der Waals surface area contributed by atoms with E-state index in [1.807, 2.05) is 0 Å². The number of piperazine rings is 1.